The van der Waals surface area contributed by atoms with Crippen molar-refractivity contribution in [3.05, 3.63) is 59.0 Å². The fourth-order valence-electron chi connectivity index (χ4n) is 3.64. The van der Waals surface area contributed by atoms with Crippen LogP contribution in [0.2, 0.25) is 0 Å². The van der Waals surface area contributed by atoms with Gasteiger partial charge in [-0.3, -0.25) is 0 Å². The van der Waals surface area contributed by atoms with Crippen LogP contribution in [-0.2, 0) is 0 Å². The lowest BCUT2D eigenvalue weighted by Gasteiger charge is -2.47. The maximum atomic E-state index is 6.76. The number of nitrogens with two attached hydrogens (primary N) is 1. The summed E-state index contributed by atoms with van der Waals surface area (Å²) in [5, 5.41) is 3.39. The maximum absolute atomic E-state index is 6.76. The number of hydrogen-bond acceptors (Lipinski definition) is 2. The summed E-state index contributed by atoms with van der Waals surface area (Å²) < 4.78 is 0. The Labute approximate surface area is 109 Å². The van der Waals surface area contributed by atoms with Crippen molar-refractivity contribution in [2.75, 3.05) is 0 Å². The standard InChI is InChI=1S/C16H20N2/c1-4-13-12-7-10(2)9-16(13,17)14-6-5-11(3)18-15(14)8-12/h4-7,12,18H,3,8-9,17H2,1-2H3. The molecule has 0 amide bonds. The lowest BCUT2D eigenvalue weighted by atomic mass is 9.63. The van der Waals surface area contributed by atoms with Crippen molar-refractivity contribution in [1.82, 2.24) is 5.32 Å². The van der Waals surface area contributed by atoms with Gasteiger partial charge in [0.15, 0.2) is 0 Å². The highest BCUT2D eigenvalue weighted by molar-refractivity contribution is 5.56. The molecule has 2 atom stereocenters. The average molecular weight is 240 g/mol. The molecule has 2 heteroatoms. The van der Waals surface area contributed by atoms with E-state index in [1.165, 1.54) is 22.4 Å². The van der Waals surface area contributed by atoms with Gasteiger partial charge in [-0.2, -0.15) is 0 Å². The summed E-state index contributed by atoms with van der Waals surface area (Å²) in [4.78, 5) is 0. The summed E-state index contributed by atoms with van der Waals surface area (Å²) in [7, 11) is 0. The first kappa shape index (κ1) is 11.5. The van der Waals surface area contributed by atoms with Crippen LogP contribution in [0.15, 0.2) is 59.0 Å². The largest absolute Gasteiger partial charge is 0.359 e. The van der Waals surface area contributed by atoms with E-state index in [9.17, 15) is 0 Å². The van der Waals surface area contributed by atoms with Crippen molar-refractivity contribution in [1.29, 1.82) is 0 Å². The van der Waals surface area contributed by atoms with Crippen LogP contribution in [0.5, 0.6) is 0 Å². The molecule has 94 valence electrons. The van der Waals surface area contributed by atoms with Gasteiger partial charge in [0, 0.05) is 17.3 Å². The Morgan fingerprint density at radius 2 is 2.28 bits per heavy atom. The lowest BCUT2D eigenvalue weighted by Crippen LogP contribution is -2.52. The van der Waals surface area contributed by atoms with Crippen molar-refractivity contribution in [3.8, 4) is 0 Å². The molecule has 0 radical (unpaired) electrons. The first-order chi connectivity index (χ1) is 8.54. The normalized spacial score (nSPS) is 36.4. The van der Waals surface area contributed by atoms with Gasteiger partial charge in [0.1, 0.15) is 0 Å². The molecule has 2 bridgehead atoms. The molecule has 3 N–H and O–H groups in total. The van der Waals surface area contributed by atoms with Crippen LogP contribution in [0.4, 0.5) is 0 Å². The molecule has 1 heterocycles. The zero-order chi connectivity index (χ0) is 12.9. The molecule has 0 saturated heterocycles. The van der Waals surface area contributed by atoms with E-state index >= 15 is 0 Å². The maximum Gasteiger partial charge on any atom is 0.0685 e. The number of nitrogens with one attached hydrogen (secondary N) is 1. The molecule has 18 heavy (non-hydrogen) atoms. The highest BCUT2D eigenvalue weighted by atomic mass is 14.9. The quantitative estimate of drug-likeness (QED) is 0.639. The molecule has 3 rings (SSSR count). The summed E-state index contributed by atoms with van der Waals surface area (Å²) in [5.41, 5.74) is 12.7. The molecule has 3 aliphatic rings. The van der Waals surface area contributed by atoms with E-state index in [2.05, 4.69) is 44.0 Å². The highest BCUT2D eigenvalue weighted by Crippen LogP contribution is 2.48. The number of fused-ring (bicyclic) bond motifs is 3. The summed E-state index contributed by atoms with van der Waals surface area (Å²) in [6, 6.07) is 0. The first-order valence-corrected chi connectivity index (χ1v) is 6.55. The summed E-state index contributed by atoms with van der Waals surface area (Å²) >= 11 is 0. The van der Waals surface area contributed by atoms with Gasteiger partial charge < -0.3 is 11.1 Å². The van der Waals surface area contributed by atoms with Gasteiger partial charge in [-0.05, 0) is 43.9 Å². The molecular weight excluding hydrogens is 220 g/mol. The van der Waals surface area contributed by atoms with Gasteiger partial charge in [-0.25, -0.2) is 0 Å². The van der Waals surface area contributed by atoms with Gasteiger partial charge in [-0.1, -0.05) is 30.4 Å². The number of allylic oxidation sites excluding steroid dienone is 4. The van der Waals surface area contributed by atoms with E-state index in [4.69, 9.17) is 5.73 Å². The fourth-order valence-corrected chi connectivity index (χ4v) is 3.64. The molecule has 0 aromatic heterocycles. The molecule has 0 aromatic rings. The van der Waals surface area contributed by atoms with Gasteiger partial charge in [0.2, 0.25) is 0 Å². The predicted molar refractivity (Wildman–Crippen MR) is 75.6 cm³/mol. The Balaban J connectivity index is 2.17. The predicted octanol–water partition coefficient (Wildman–Crippen LogP) is 2.93. The number of hydrogen-bond donors (Lipinski definition) is 2. The van der Waals surface area contributed by atoms with E-state index < -0.39 is 0 Å². The lowest BCUT2D eigenvalue weighted by molar-refractivity contribution is 0.449. The number of rotatable bonds is 0. The van der Waals surface area contributed by atoms with Gasteiger partial charge >= 0.3 is 0 Å². The van der Waals surface area contributed by atoms with Gasteiger partial charge in [-0.15, -0.1) is 0 Å². The zero-order valence-corrected chi connectivity index (χ0v) is 11.1. The summed E-state index contributed by atoms with van der Waals surface area (Å²) in [5.74, 6) is 0.444. The Kier molecular flexibility index (Phi) is 2.39. The molecule has 0 aromatic carbocycles. The van der Waals surface area contributed by atoms with Gasteiger partial charge in [0.05, 0.1) is 5.54 Å². The molecule has 2 aliphatic carbocycles. The van der Waals surface area contributed by atoms with E-state index in [0.717, 1.165) is 18.5 Å². The molecule has 2 nitrogen and oxygen atoms in total. The Morgan fingerprint density at radius 1 is 1.50 bits per heavy atom. The van der Waals surface area contributed by atoms with Crippen molar-refractivity contribution < 1.29 is 0 Å². The van der Waals surface area contributed by atoms with Crippen LogP contribution >= 0.6 is 0 Å². The van der Waals surface area contributed by atoms with Crippen molar-refractivity contribution in [2.24, 2.45) is 11.7 Å². The van der Waals surface area contributed by atoms with Crippen LogP contribution in [0, 0.1) is 5.92 Å². The number of dihydropyridines is 1. The summed E-state index contributed by atoms with van der Waals surface area (Å²) in [6.07, 6.45) is 10.7. The third kappa shape index (κ3) is 1.45. The Hall–Kier alpha value is -1.54. The summed E-state index contributed by atoms with van der Waals surface area (Å²) in [6.45, 7) is 8.26. The third-order valence-electron chi connectivity index (χ3n) is 4.26. The molecular formula is C16H20N2. The minimum atomic E-state index is -0.323. The van der Waals surface area contributed by atoms with Crippen molar-refractivity contribution in [2.45, 2.75) is 32.2 Å². The van der Waals surface area contributed by atoms with Crippen LogP contribution in [0.1, 0.15) is 26.7 Å². The average Bonchev–Trinajstić information content (AvgIpc) is 2.26. The zero-order valence-electron chi connectivity index (χ0n) is 11.1. The molecule has 0 saturated carbocycles. The topological polar surface area (TPSA) is 38.0 Å². The minimum absolute atomic E-state index is 0.323. The highest BCUT2D eigenvalue weighted by Gasteiger charge is 2.44. The second-order valence-electron chi connectivity index (χ2n) is 5.59. The van der Waals surface area contributed by atoms with Crippen molar-refractivity contribution in [3.63, 3.8) is 0 Å². The van der Waals surface area contributed by atoms with Crippen LogP contribution < -0.4 is 11.1 Å². The van der Waals surface area contributed by atoms with E-state index in [1.54, 1.807) is 0 Å². The van der Waals surface area contributed by atoms with Crippen molar-refractivity contribution >= 4 is 0 Å². The molecule has 0 spiro atoms. The Bertz CT molecular complexity index is 545. The second-order valence-corrected chi connectivity index (χ2v) is 5.59. The first-order valence-electron chi connectivity index (χ1n) is 6.55. The van der Waals surface area contributed by atoms with E-state index in [1.807, 2.05) is 6.08 Å². The smallest absolute Gasteiger partial charge is 0.0685 e. The van der Waals surface area contributed by atoms with Crippen LogP contribution in [0.25, 0.3) is 0 Å². The second kappa shape index (κ2) is 3.72. The van der Waals surface area contributed by atoms with E-state index in [0.29, 0.717) is 5.92 Å². The SMILES string of the molecule is C=C1C=CC2=C(CC3C=C(C)CC2(N)C3=CC)N1. The molecule has 0 fully saturated rings. The minimum Gasteiger partial charge on any atom is -0.359 e. The van der Waals surface area contributed by atoms with E-state index in [-0.39, 0.29) is 5.54 Å². The molecule has 1 aliphatic heterocycles. The third-order valence-corrected chi connectivity index (χ3v) is 4.26. The fraction of sp³-hybridized carbons (Fsp3) is 0.375. The van der Waals surface area contributed by atoms with Crippen LogP contribution in [0.3, 0.4) is 0 Å². The van der Waals surface area contributed by atoms with Gasteiger partial charge in [0.25, 0.3) is 0 Å². The Morgan fingerprint density at radius 3 is 3.00 bits per heavy atom. The monoisotopic (exact) mass is 240 g/mol. The molecule has 2 unspecified atom stereocenters. The van der Waals surface area contributed by atoms with Crippen LogP contribution in [-0.4, -0.2) is 5.54 Å².